The lowest BCUT2D eigenvalue weighted by Crippen LogP contribution is -1.97. The normalized spacial score (nSPS) is 10.8. The van der Waals surface area contributed by atoms with E-state index in [-0.39, 0.29) is 16.5 Å². The smallest absolute Gasteiger partial charge is 0.337 e. The molecule has 0 saturated carbocycles. The standard InChI is InChI=1S/C13H9ClN4O2/c14-10-2-1-7(5-9(10)12(19)20)8-3-4-18-11(6-8)16-13(15)17-18/h1-6H,(H2,15,17)(H,19,20). The molecule has 3 rings (SSSR count). The molecular formula is C13H9ClN4O2. The van der Waals surface area contributed by atoms with Crippen molar-refractivity contribution in [3.63, 3.8) is 0 Å². The van der Waals surface area contributed by atoms with Crippen molar-refractivity contribution in [2.45, 2.75) is 0 Å². The van der Waals surface area contributed by atoms with Crippen LogP contribution in [-0.2, 0) is 0 Å². The number of nitrogens with two attached hydrogens (primary N) is 1. The molecule has 6 nitrogen and oxygen atoms in total. The van der Waals surface area contributed by atoms with Gasteiger partial charge in [-0.2, -0.15) is 4.98 Å². The Balaban J connectivity index is 2.14. The number of pyridine rings is 1. The number of aromatic nitrogens is 3. The minimum absolute atomic E-state index is 0.0602. The van der Waals surface area contributed by atoms with Gasteiger partial charge in [-0.3, -0.25) is 0 Å². The molecule has 7 heteroatoms. The van der Waals surface area contributed by atoms with Crippen molar-refractivity contribution in [1.82, 2.24) is 14.6 Å². The maximum atomic E-state index is 11.1. The Morgan fingerprint density at radius 2 is 2.00 bits per heavy atom. The van der Waals surface area contributed by atoms with Gasteiger partial charge in [0.05, 0.1) is 10.6 Å². The van der Waals surface area contributed by atoms with Crippen LogP contribution in [0.3, 0.4) is 0 Å². The van der Waals surface area contributed by atoms with Crippen LogP contribution in [0.1, 0.15) is 10.4 Å². The van der Waals surface area contributed by atoms with E-state index in [2.05, 4.69) is 10.1 Å². The Bertz CT molecular complexity index is 828. The highest BCUT2D eigenvalue weighted by molar-refractivity contribution is 6.33. The third kappa shape index (κ3) is 2.06. The predicted molar refractivity (Wildman–Crippen MR) is 74.8 cm³/mol. The number of nitrogens with zero attached hydrogens (tertiary/aromatic N) is 3. The molecule has 2 heterocycles. The summed E-state index contributed by atoms with van der Waals surface area (Å²) in [5.74, 6) is -0.880. The first-order valence-electron chi connectivity index (χ1n) is 5.70. The van der Waals surface area contributed by atoms with Gasteiger partial charge in [-0.15, -0.1) is 5.10 Å². The molecule has 0 atom stereocenters. The molecule has 0 aliphatic carbocycles. The molecule has 100 valence electrons. The number of hydrogen-bond acceptors (Lipinski definition) is 4. The number of hydrogen-bond donors (Lipinski definition) is 2. The summed E-state index contributed by atoms with van der Waals surface area (Å²) in [4.78, 5) is 15.2. The van der Waals surface area contributed by atoms with E-state index in [1.807, 2.05) is 0 Å². The maximum absolute atomic E-state index is 11.1. The Kier molecular flexibility index (Phi) is 2.80. The minimum atomic E-state index is -1.07. The van der Waals surface area contributed by atoms with Gasteiger partial charge in [0.1, 0.15) is 0 Å². The summed E-state index contributed by atoms with van der Waals surface area (Å²) in [6, 6.07) is 8.41. The lowest BCUT2D eigenvalue weighted by Gasteiger charge is -2.05. The van der Waals surface area contributed by atoms with Gasteiger partial charge in [-0.05, 0) is 35.4 Å². The summed E-state index contributed by atoms with van der Waals surface area (Å²) in [5, 5.41) is 13.3. The van der Waals surface area contributed by atoms with Gasteiger partial charge >= 0.3 is 5.97 Å². The molecule has 2 aromatic heterocycles. The van der Waals surface area contributed by atoms with Crippen LogP contribution in [0.5, 0.6) is 0 Å². The van der Waals surface area contributed by atoms with Crippen LogP contribution in [0, 0.1) is 0 Å². The summed E-state index contributed by atoms with van der Waals surface area (Å²) < 4.78 is 1.55. The van der Waals surface area contributed by atoms with Crippen molar-refractivity contribution in [2.75, 3.05) is 5.73 Å². The van der Waals surface area contributed by atoms with Gasteiger partial charge in [0.2, 0.25) is 5.95 Å². The average molecular weight is 289 g/mol. The monoisotopic (exact) mass is 288 g/mol. The van der Waals surface area contributed by atoms with Crippen molar-refractivity contribution in [2.24, 2.45) is 0 Å². The molecule has 0 spiro atoms. The number of aromatic carboxylic acids is 1. The molecule has 0 unspecified atom stereocenters. The highest BCUT2D eigenvalue weighted by Gasteiger charge is 2.11. The SMILES string of the molecule is Nc1nc2cc(-c3ccc(Cl)c(C(=O)O)c3)ccn2n1. The Labute approximate surface area is 118 Å². The van der Waals surface area contributed by atoms with Crippen LogP contribution < -0.4 is 5.73 Å². The van der Waals surface area contributed by atoms with Gasteiger partial charge in [-0.25, -0.2) is 9.31 Å². The third-order valence-electron chi connectivity index (χ3n) is 2.88. The van der Waals surface area contributed by atoms with E-state index in [1.165, 1.54) is 6.07 Å². The van der Waals surface area contributed by atoms with Crippen molar-refractivity contribution in [3.05, 3.63) is 47.1 Å². The zero-order chi connectivity index (χ0) is 14.3. The van der Waals surface area contributed by atoms with E-state index in [4.69, 9.17) is 22.4 Å². The lowest BCUT2D eigenvalue weighted by molar-refractivity contribution is 0.0697. The van der Waals surface area contributed by atoms with Crippen molar-refractivity contribution < 1.29 is 9.90 Å². The zero-order valence-electron chi connectivity index (χ0n) is 10.1. The Hall–Kier alpha value is -2.60. The number of benzene rings is 1. The highest BCUT2D eigenvalue weighted by atomic mass is 35.5. The minimum Gasteiger partial charge on any atom is -0.478 e. The maximum Gasteiger partial charge on any atom is 0.337 e. The number of carboxylic acid groups (broad SMARTS) is 1. The van der Waals surface area contributed by atoms with E-state index in [0.29, 0.717) is 5.65 Å². The second kappa shape index (κ2) is 4.50. The molecule has 0 aliphatic heterocycles. The first kappa shape index (κ1) is 12.4. The zero-order valence-corrected chi connectivity index (χ0v) is 10.9. The fourth-order valence-corrected chi connectivity index (χ4v) is 2.15. The number of carboxylic acids is 1. The van der Waals surface area contributed by atoms with E-state index < -0.39 is 5.97 Å². The summed E-state index contributed by atoms with van der Waals surface area (Å²) >= 11 is 5.85. The van der Waals surface area contributed by atoms with Crippen LogP contribution in [0.25, 0.3) is 16.8 Å². The highest BCUT2D eigenvalue weighted by Crippen LogP contribution is 2.26. The molecule has 3 N–H and O–H groups in total. The summed E-state index contributed by atoms with van der Waals surface area (Å²) in [5.41, 5.74) is 7.72. The number of fused-ring (bicyclic) bond motifs is 1. The number of anilines is 1. The number of halogens is 1. The van der Waals surface area contributed by atoms with Crippen LogP contribution in [0.4, 0.5) is 5.95 Å². The number of nitrogen functional groups attached to an aromatic ring is 1. The fraction of sp³-hybridized carbons (Fsp3) is 0. The molecule has 0 saturated heterocycles. The molecular weight excluding hydrogens is 280 g/mol. The van der Waals surface area contributed by atoms with Crippen LogP contribution in [-0.4, -0.2) is 25.7 Å². The first-order chi connectivity index (χ1) is 9.54. The quantitative estimate of drug-likeness (QED) is 0.755. The van der Waals surface area contributed by atoms with E-state index in [9.17, 15) is 4.79 Å². The molecule has 3 aromatic rings. The van der Waals surface area contributed by atoms with Gasteiger partial charge in [0, 0.05) is 6.20 Å². The van der Waals surface area contributed by atoms with Crippen molar-refractivity contribution in [1.29, 1.82) is 0 Å². The van der Waals surface area contributed by atoms with Gasteiger partial charge in [0.25, 0.3) is 0 Å². The Morgan fingerprint density at radius 3 is 2.75 bits per heavy atom. The number of carbonyl (C=O) groups is 1. The molecule has 1 aromatic carbocycles. The van der Waals surface area contributed by atoms with Gasteiger partial charge < -0.3 is 10.8 Å². The first-order valence-corrected chi connectivity index (χ1v) is 6.07. The second-order valence-electron chi connectivity index (χ2n) is 4.19. The van der Waals surface area contributed by atoms with Crippen LogP contribution in [0.15, 0.2) is 36.5 Å². The molecule has 20 heavy (non-hydrogen) atoms. The second-order valence-corrected chi connectivity index (χ2v) is 4.60. The van der Waals surface area contributed by atoms with Gasteiger partial charge in [0.15, 0.2) is 5.65 Å². The van der Waals surface area contributed by atoms with Crippen molar-refractivity contribution >= 4 is 29.2 Å². The molecule has 0 fully saturated rings. The molecule has 0 bridgehead atoms. The van der Waals surface area contributed by atoms with Crippen LogP contribution >= 0.6 is 11.6 Å². The van der Waals surface area contributed by atoms with Gasteiger partial charge in [-0.1, -0.05) is 17.7 Å². The average Bonchev–Trinajstić information content (AvgIpc) is 2.78. The Morgan fingerprint density at radius 1 is 1.25 bits per heavy atom. The number of rotatable bonds is 2. The molecule has 0 radical (unpaired) electrons. The molecule has 0 amide bonds. The molecule has 0 aliphatic rings. The summed E-state index contributed by atoms with van der Waals surface area (Å²) in [6.07, 6.45) is 1.71. The van der Waals surface area contributed by atoms with Crippen LogP contribution in [0.2, 0.25) is 5.02 Å². The summed E-state index contributed by atoms with van der Waals surface area (Å²) in [7, 11) is 0. The van der Waals surface area contributed by atoms with E-state index in [0.717, 1.165) is 11.1 Å². The third-order valence-corrected chi connectivity index (χ3v) is 3.21. The lowest BCUT2D eigenvalue weighted by atomic mass is 10.0. The largest absolute Gasteiger partial charge is 0.478 e. The predicted octanol–water partition coefficient (Wildman–Crippen LogP) is 2.33. The fourth-order valence-electron chi connectivity index (χ4n) is 1.95. The van der Waals surface area contributed by atoms with Crippen molar-refractivity contribution in [3.8, 4) is 11.1 Å². The topological polar surface area (TPSA) is 93.5 Å². The van der Waals surface area contributed by atoms with E-state index in [1.54, 1.807) is 35.0 Å². The summed E-state index contributed by atoms with van der Waals surface area (Å²) in [6.45, 7) is 0. The van der Waals surface area contributed by atoms with E-state index >= 15 is 0 Å².